The maximum atomic E-state index is 12.3. The highest BCUT2D eigenvalue weighted by Crippen LogP contribution is 2.35. The van der Waals surface area contributed by atoms with Crippen molar-refractivity contribution in [1.82, 2.24) is 15.0 Å². The molecule has 4 heterocycles. The van der Waals surface area contributed by atoms with Gasteiger partial charge in [-0.15, -0.1) is 0 Å². The lowest BCUT2D eigenvalue weighted by Crippen LogP contribution is -2.32. The molecule has 0 saturated heterocycles. The Hall–Kier alpha value is -2.95. The second kappa shape index (κ2) is 10.8. The quantitative estimate of drug-likeness (QED) is 0.304. The number of fused-ring (bicyclic) bond motifs is 2. The van der Waals surface area contributed by atoms with E-state index in [4.69, 9.17) is 20.2 Å². The number of pyridine rings is 3. The third kappa shape index (κ3) is 5.81. The maximum absolute atomic E-state index is 12.3. The Kier molecular flexibility index (Phi) is 7.91. The van der Waals surface area contributed by atoms with Crippen LogP contribution in [0, 0.1) is 0 Å². The van der Waals surface area contributed by atoms with Crippen LogP contribution in [0.3, 0.4) is 0 Å². The second-order valence-corrected chi connectivity index (χ2v) is 11.6. The van der Waals surface area contributed by atoms with Gasteiger partial charge in [0.15, 0.2) is 0 Å². The Morgan fingerprint density at radius 1 is 1.24 bits per heavy atom. The van der Waals surface area contributed by atoms with E-state index in [1.54, 1.807) is 30.8 Å². The molecule has 1 aliphatic heterocycles. The van der Waals surface area contributed by atoms with Crippen LogP contribution in [0.2, 0.25) is 0 Å². The Morgan fingerprint density at radius 2 is 2.00 bits per heavy atom. The molecule has 0 radical (unpaired) electrons. The molecule has 0 bridgehead atoms. The van der Waals surface area contributed by atoms with Crippen LogP contribution in [-0.4, -0.2) is 49.7 Å². The fourth-order valence-electron chi connectivity index (χ4n) is 4.25. The van der Waals surface area contributed by atoms with E-state index >= 15 is 0 Å². The number of hydrogen-bond donors (Lipinski definition) is 2. The predicted octanol–water partition coefficient (Wildman–Crippen LogP) is 4.55. The molecule has 9 nitrogen and oxygen atoms in total. The van der Waals surface area contributed by atoms with Gasteiger partial charge in [0.1, 0.15) is 29.6 Å². The van der Waals surface area contributed by atoms with Crippen molar-refractivity contribution < 1.29 is 18.8 Å². The molecule has 0 aromatic carbocycles. The van der Waals surface area contributed by atoms with E-state index < -0.39 is 16.7 Å². The summed E-state index contributed by atoms with van der Waals surface area (Å²) in [5.41, 5.74) is 8.11. The highest BCUT2D eigenvalue weighted by Gasteiger charge is 2.31. The van der Waals surface area contributed by atoms with Crippen LogP contribution in [0.5, 0.6) is 5.88 Å². The lowest BCUT2D eigenvalue weighted by molar-refractivity contribution is 0.0235. The summed E-state index contributed by atoms with van der Waals surface area (Å²) in [6.07, 6.45) is 6.14. The molecule has 1 unspecified atom stereocenters. The first-order valence-corrected chi connectivity index (χ1v) is 14.3. The maximum Gasteiger partial charge on any atom is 0.340 e. The van der Waals surface area contributed by atoms with E-state index in [0.717, 1.165) is 16.3 Å². The SMILES string of the molecule is CCC(C)(N)c1cnc(O[C@H](C)CC[S@@+](C)[O-])c2cnc(Nc3ccc4c(n3)[C@@H](C)[C@H](C)OC4=O)cc12. The van der Waals surface area contributed by atoms with Crippen molar-refractivity contribution in [1.29, 1.82) is 0 Å². The van der Waals surface area contributed by atoms with E-state index in [0.29, 0.717) is 47.4 Å². The van der Waals surface area contributed by atoms with Gasteiger partial charge in [0.25, 0.3) is 0 Å². The van der Waals surface area contributed by atoms with Crippen LogP contribution < -0.4 is 15.8 Å². The number of anilines is 2. The van der Waals surface area contributed by atoms with Gasteiger partial charge in [0, 0.05) is 30.3 Å². The number of nitrogens with zero attached hydrogens (tertiary/aromatic N) is 3. The molecule has 10 heteroatoms. The van der Waals surface area contributed by atoms with Gasteiger partial charge in [-0.05, 0) is 56.3 Å². The van der Waals surface area contributed by atoms with E-state index in [2.05, 4.69) is 15.3 Å². The minimum Gasteiger partial charge on any atom is -0.617 e. The molecule has 0 fully saturated rings. The predicted molar refractivity (Wildman–Crippen MR) is 146 cm³/mol. The summed E-state index contributed by atoms with van der Waals surface area (Å²) in [7, 11) is 0. The molecule has 5 atom stereocenters. The zero-order chi connectivity index (χ0) is 26.9. The van der Waals surface area contributed by atoms with Gasteiger partial charge in [0.2, 0.25) is 5.88 Å². The fourth-order valence-corrected chi connectivity index (χ4v) is 4.92. The summed E-state index contributed by atoms with van der Waals surface area (Å²) >= 11 is -0.887. The van der Waals surface area contributed by atoms with Crippen molar-refractivity contribution in [3.05, 3.63) is 47.4 Å². The van der Waals surface area contributed by atoms with Crippen LogP contribution >= 0.6 is 0 Å². The number of esters is 1. The number of carbonyl (C=O) groups is 1. The number of ether oxygens (including phenoxy) is 2. The summed E-state index contributed by atoms with van der Waals surface area (Å²) in [5.74, 6) is 1.81. The number of rotatable bonds is 9. The zero-order valence-corrected chi connectivity index (χ0v) is 23.0. The molecule has 0 aliphatic carbocycles. The van der Waals surface area contributed by atoms with Crippen LogP contribution in [0.4, 0.5) is 11.6 Å². The molecule has 0 amide bonds. The Balaban J connectivity index is 1.70. The molecular formula is C27H35N5O4S. The monoisotopic (exact) mass is 525 g/mol. The largest absolute Gasteiger partial charge is 0.617 e. The van der Waals surface area contributed by atoms with Gasteiger partial charge >= 0.3 is 5.97 Å². The fraction of sp³-hybridized carbons (Fsp3) is 0.481. The molecule has 3 aromatic heterocycles. The summed E-state index contributed by atoms with van der Waals surface area (Å²) < 4.78 is 23.0. The highest BCUT2D eigenvalue weighted by atomic mass is 32.2. The first kappa shape index (κ1) is 27.1. The first-order valence-electron chi connectivity index (χ1n) is 12.5. The lowest BCUT2D eigenvalue weighted by atomic mass is 9.88. The molecule has 0 saturated carbocycles. The van der Waals surface area contributed by atoms with Crippen molar-refractivity contribution in [3.8, 4) is 5.88 Å². The van der Waals surface area contributed by atoms with E-state index in [9.17, 15) is 9.35 Å². The van der Waals surface area contributed by atoms with Gasteiger partial charge in [0.05, 0.1) is 22.9 Å². The molecule has 3 aromatic rings. The van der Waals surface area contributed by atoms with Crippen molar-refractivity contribution >= 4 is 39.6 Å². The number of hydrogen-bond acceptors (Lipinski definition) is 9. The number of aromatic nitrogens is 3. The lowest BCUT2D eigenvalue weighted by Gasteiger charge is -2.27. The number of cyclic esters (lactones) is 1. The highest BCUT2D eigenvalue weighted by molar-refractivity contribution is 7.90. The van der Waals surface area contributed by atoms with Crippen molar-refractivity contribution in [3.63, 3.8) is 0 Å². The average molecular weight is 526 g/mol. The third-order valence-corrected chi connectivity index (χ3v) is 7.85. The minimum atomic E-state index is -0.887. The van der Waals surface area contributed by atoms with Crippen LogP contribution in [-0.2, 0) is 21.5 Å². The smallest absolute Gasteiger partial charge is 0.340 e. The topological polar surface area (TPSA) is 135 Å². The summed E-state index contributed by atoms with van der Waals surface area (Å²) in [6, 6.07) is 5.40. The van der Waals surface area contributed by atoms with Gasteiger partial charge in [-0.1, -0.05) is 25.0 Å². The second-order valence-electron chi connectivity index (χ2n) is 10.0. The zero-order valence-electron chi connectivity index (χ0n) is 22.2. The standard InChI is InChI=1S/C27H35N5O4S/c1-7-27(5,28)21-14-30-25(35-15(2)10-11-37(6)34)20-13-29-23(12-19(20)21)31-22-9-8-18-24(32-22)16(3)17(4)36-26(18)33/h8-9,12-17H,7,10-11,28H2,1-6H3,(H,29,31,32)/t15-,16+,17+,27?,37-/m1/s1. The van der Waals surface area contributed by atoms with E-state index in [-0.39, 0.29) is 24.1 Å². The number of nitrogens with one attached hydrogen (secondary N) is 1. The molecule has 37 heavy (non-hydrogen) atoms. The van der Waals surface area contributed by atoms with Gasteiger partial charge in [-0.2, -0.15) is 0 Å². The molecule has 3 N–H and O–H groups in total. The van der Waals surface area contributed by atoms with Crippen LogP contribution in [0.25, 0.3) is 10.8 Å². The third-order valence-electron chi connectivity index (χ3n) is 7.04. The summed E-state index contributed by atoms with van der Waals surface area (Å²) in [5, 5.41) is 4.91. The number of carbonyl (C=O) groups excluding carboxylic acids is 1. The van der Waals surface area contributed by atoms with Crippen molar-refractivity contribution in [2.45, 2.75) is 71.1 Å². The normalized spacial score (nSPS) is 20.5. The Bertz CT molecular complexity index is 1300. The number of nitrogens with two attached hydrogens (primary N) is 1. The van der Waals surface area contributed by atoms with Gasteiger partial charge in [-0.25, -0.2) is 19.7 Å². The molecule has 1 aliphatic rings. The van der Waals surface area contributed by atoms with Crippen LogP contribution in [0.15, 0.2) is 30.6 Å². The van der Waals surface area contributed by atoms with Crippen LogP contribution in [0.1, 0.15) is 75.0 Å². The summed E-state index contributed by atoms with van der Waals surface area (Å²) in [6.45, 7) is 9.81. The molecule has 198 valence electrons. The average Bonchev–Trinajstić information content (AvgIpc) is 2.86. The molecular weight excluding hydrogens is 490 g/mol. The van der Waals surface area contributed by atoms with Crippen molar-refractivity contribution in [2.24, 2.45) is 5.73 Å². The Morgan fingerprint density at radius 3 is 2.70 bits per heavy atom. The van der Waals surface area contributed by atoms with Gasteiger partial charge in [-0.3, -0.25) is 0 Å². The minimum absolute atomic E-state index is 0.0222. The van der Waals surface area contributed by atoms with Crippen molar-refractivity contribution in [2.75, 3.05) is 17.3 Å². The molecule has 4 rings (SSSR count). The first-order chi connectivity index (χ1) is 17.5. The van der Waals surface area contributed by atoms with Gasteiger partial charge < -0.3 is 25.1 Å². The summed E-state index contributed by atoms with van der Waals surface area (Å²) in [4.78, 5) is 26.2. The Labute approximate surface area is 220 Å². The molecule has 0 spiro atoms. The van der Waals surface area contributed by atoms with E-state index in [1.165, 1.54) is 0 Å². The van der Waals surface area contributed by atoms with E-state index in [1.807, 2.05) is 40.7 Å².